The maximum Gasteiger partial charge on any atom is 0.0430 e. The van der Waals surface area contributed by atoms with Gasteiger partial charge < -0.3 is 10.6 Å². The highest BCUT2D eigenvalue weighted by Crippen LogP contribution is 2.45. The highest BCUT2D eigenvalue weighted by molar-refractivity contribution is 5.85. The van der Waals surface area contributed by atoms with E-state index in [-0.39, 0.29) is 0 Å². The van der Waals surface area contributed by atoms with Crippen LogP contribution in [-0.4, -0.2) is 13.1 Å². The molecule has 2 aromatic rings. The van der Waals surface area contributed by atoms with Crippen molar-refractivity contribution in [2.24, 2.45) is 17.8 Å². The Bertz CT molecular complexity index is 1910. The van der Waals surface area contributed by atoms with Crippen LogP contribution in [0.3, 0.4) is 0 Å². The molecule has 8 rings (SSSR count). The van der Waals surface area contributed by atoms with E-state index < -0.39 is 0 Å². The van der Waals surface area contributed by atoms with Crippen LogP contribution in [-0.2, 0) is 6.42 Å². The standard InChI is InChI=1S/C41H38N2/c1-27-22-30(19-20-34(27)32-24-33(26-42-25-32)39-16-8-9-21-43-39)40-35-12-4-6-14-37(35)41(38-15-7-5-13-36(38)40)31-18-17-28-10-2-3-11-29(28)23-31/h2-16,19-20,23-24,26-27,35,37,42-43H,17-18,21-22,25H2,1H3. The number of benzene rings is 2. The zero-order valence-corrected chi connectivity index (χ0v) is 24.8. The molecule has 3 atom stereocenters. The van der Waals surface area contributed by atoms with Crippen LogP contribution in [0.1, 0.15) is 30.9 Å². The van der Waals surface area contributed by atoms with Crippen molar-refractivity contribution < 1.29 is 0 Å². The Kier molecular flexibility index (Phi) is 6.63. The Hall–Kier alpha value is -4.56. The van der Waals surface area contributed by atoms with Gasteiger partial charge >= 0.3 is 0 Å². The minimum atomic E-state index is 0.351. The van der Waals surface area contributed by atoms with Gasteiger partial charge in [0, 0.05) is 42.4 Å². The summed E-state index contributed by atoms with van der Waals surface area (Å²) in [6, 6.07) is 18.1. The van der Waals surface area contributed by atoms with Gasteiger partial charge in [0.2, 0.25) is 0 Å². The highest BCUT2D eigenvalue weighted by Gasteiger charge is 2.35. The van der Waals surface area contributed by atoms with Gasteiger partial charge in [-0.15, -0.1) is 0 Å². The number of hydrogen-bond acceptors (Lipinski definition) is 2. The third-order valence-corrected chi connectivity index (χ3v) is 9.94. The van der Waals surface area contributed by atoms with Crippen molar-refractivity contribution in [3.63, 3.8) is 0 Å². The molecule has 0 spiro atoms. The molecule has 3 unspecified atom stereocenters. The lowest BCUT2D eigenvalue weighted by Gasteiger charge is -2.37. The molecular weight excluding hydrogens is 520 g/mol. The molecular formula is C41H38N2. The normalized spacial score (nSPS) is 25.5. The fourth-order valence-corrected chi connectivity index (χ4v) is 7.93. The first-order valence-corrected chi connectivity index (χ1v) is 15.9. The predicted molar refractivity (Wildman–Crippen MR) is 180 cm³/mol. The van der Waals surface area contributed by atoms with Gasteiger partial charge in [-0.2, -0.15) is 0 Å². The number of fused-ring (bicyclic) bond motifs is 3. The summed E-state index contributed by atoms with van der Waals surface area (Å²) in [4.78, 5) is 0. The number of nitrogens with one attached hydrogen (secondary N) is 2. The fraction of sp³-hybridized carbons (Fsp3) is 0.220. The maximum absolute atomic E-state index is 3.54. The third-order valence-electron chi connectivity index (χ3n) is 9.94. The molecule has 43 heavy (non-hydrogen) atoms. The molecule has 2 nitrogen and oxygen atoms in total. The quantitative estimate of drug-likeness (QED) is 0.434. The van der Waals surface area contributed by atoms with Gasteiger partial charge in [-0.05, 0) is 92.3 Å². The van der Waals surface area contributed by atoms with E-state index in [0.717, 1.165) is 32.4 Å². The summed E-state index contributed by atoms with van der Waals surface area (Å²) in [5, 5.41) is 9.89. The molecule has 2 aliphatic heterocycles. The minimum Gasteiger partial charge on any atom is -0.386 e. The second kappa shape index (κ2) is 10.9. The Morgan fingerprint density at radius 2 is 1.49 bits per heavy atom. The number of rotatable bonds is 4. The van der Waals surface area contributed by atoms with Gasteiger partial charge in [0.1, 0.15) is 0 Å². The van der Waals surface area contributed by atoms with E-state index in [1.807, 2.05) is 0 Å². The average molecular weight is 559 g/mol. The van der Waals surface area contributed by atoms with E-state index in [4.69, 9.17) is 0 Å². The molecule has 0 aromatic heterocycles. The van der Waals surface area contributed by atoms with E-state index in [9.17, 15) is 0 Å². The van der Waals surface area contributed by atoms with Crippen LogP contribution in [0.25, 0.3) is 17.2 Å². The van der Waals surface area contributed by atoms with Crippen molar-refractivity contribution >= 4 is 17.2 Å². The first kappa shape index (κ1) is 26.1. The lowest BCUT2D eigenvalue weighted by molar-refractivity contribution is 0.638. The zero-order valence-electron chi connectivity index (χ0n) is 24.8. The molecule has 0 fully saturated rings. The largest absolute Gasteiger partial charge is 0.386 e. The molecule has 2 heteroatoms. The molecule has 0 radical (unpaired) electrons. The number of hydrogen-bond donors (Lipinski definition) is 2. The molecule has 6 aliphatic rings. The Labute approximate surface area is 255 Å². The highest BCUT2D eigenvalue weighted by atomic mass is 14.9. The second-order valence-electron chi connectivity index (χ2n) is 12.5. The predicted octanol–water partition coefficient (Wildman–Crippen LogP) is 6.74. The zero-order chi connectivity index (χ0) is 28.8. The lowest BCUT2D eigenvalue weighted by atomic mass is 9.67. The van der Waals surface area contributed by atoms with Crippen LogP contribution in [0.15, 0.2) is 149 Å². The molecule has 0 bridgehead atoms. The minimum absolute atomic E-state index is 0.351. The van der Waals surface area contributed by atoms with Gasteiger partial charge in [-0.1, -0.05) is 110 Å². The summed E-state index contributed by atoms with van der Waals surface area (Å²) >= 11 is 0. The van der Waals surface area contributed by atoms with E-state index in [1.165, 1.54) is 66.3 Å². The first-order valence-electron chi connectivity index (χ1n) is 15.9. The summed E-state index contributed by atoms with van der Waals surface area (Å²) in [5.74, 6) is 1.16. The van der Waals surface area contributed by atoms with Gasteiger partial charge in [-0.25, -0.2) is 0 Å². The lowest BCUT2D eigenvalue weighted by Crippen LogP contribution is -2.41. The van der Waals surface area contributed by atoms with Gasteiger partial charge in [-0.3, -0.25) is 0 Å². The Balaban J connectivity index is 1.25. The summed E-state index contributed by atoms with van der Waals surface area (Å²) in [7, 11) is 0. The van der Waals surface area contributed by atoms with Crippen molar-refractivity contribution in [1.29, 1.82) is 0 Å². The van der Waals surface area contributed by atoms with Crippen molar-refractivity contribution in [1.82, 2.24) is 10.6 Å². The molecule has 2 aromatic carbocycles. The van der Waals surface area contributed by atoms with Crippen LogP contribution < -0.4 is 21.1 Å². The molecule has 0 amide bonds. The monoisotopic (exact) mass is 558 g/mol. The van der Waals surface area contributed by atoms with Crippen molar-refractivity contribution in [3.05, 3.63) is 171 Å². The van der Waals surface area contributed by atoms with E-state index in [0.29, 0.717) is 17.8 Å². The van der Waals surface area contributed by atoms with Crippen LogP contribution >= 0.6 is 0 Å². The van der Waals surface area contributed by atoms with Crippen LogP contribution in [0.5, 0.6) is 0 Å². The molecule has 2 heterocycles. The van der Waals surface area contributed by atoms with E-state index in [1.54, 1.807) is 0 Å². The van der Waals surface area contributed by atoms with E-state index >= 15 is 0 Å². The number of allylic oxidation sites excluding steroid dienone is 11. The Morgan fingerprint density at radius 1 is 0.721 bits per heavy atom. The summed E-state index contributed by atoms with van der Waals surface area (Å²) in [6.45, 7) is 4.16. The maximum atomic E-state index is 3.54. The topological polar surface area (TPSA) is 24.1 Å². The SMILES string of the molecule is CC1CC(C2=c3ccccc3=C(C3=Cc4ccccc4CC3)C3C=CC=CC23)=CC=C1C1=CC(C2=CC=CCN2)=CNC1. The van der Waals surface area contributed by atoms with Crippen LogP contribution in [0.2, 0.25) is 0 Å². The van der Waals surface area contributed by atoms with Gasteiger partial charge in [0.15, 0.2) is 0 Å². The molecule has 4 aliphatic carbocycles. The van der Waals surface area contributed by atoms with Gasteiger partial charge in [0.05, 0.1) is 0 Å². The average Bonchev–Trinajstić information content (AvgIpc) is 3.07. The van der Waals surface area contributed by atoms with Gasteiger partial charge in [0.25, 0.3) is 0 Å². The second-order valence-corrected chi connectivity index (χ2v) is 12.5. The molecule has 212 valence electrons. The summed E-state index contributed by atoms with van der Waals surface area (Å²) in [5.41, 5.74) is 14.2. The fourth-order valence-electron chi connectivity index (χ4n) is 7.93. The summed E-state index contributed by atoms with van der Waals surface area (Å²) < 4.78 is 0. The molecule has 2 N–H and O–H groups in total. The van der Waals surface area contributed by atoms with Crippen molar-refractivity contribution in [3.8, 4) is 0 Å². The first-order chi connectivity index (χ1) is 21.2. The summed E-state index contributed by atoms with van der Waals surface area (Å²) in [6.07, 6.45) is 31.0. The van der Waals surface area contributed by atoms with Crippen molar-refractivity contribution in [2.75, 3.05) is 13.1 Å². The smallest absolute Gasteiger partial charge is 0.0430 e. The molecule has 0 saturated carbocycles. The van der Waals surface area contributed by atoms with E-state index in [2.05, 4.69) is 139 Å². The van der Waals surface area contributed by atoms with Crippen molar-refractivity contribution in [2.45, 2.75) is 26.2 Å². The van der Waals surface area contributed by atoms with Crippen LogP contribution in [0.4, 0.5) is 0 Å². The Morgan fingerprint density at radius 3 is 2.26 bits per heavy atom. The van der Waals surface area contributed by atoms with Crippen LogP contribution in [0, 0.1) is 17.8 Å². The third kappa shape index (κ3) is 4.66. The molecule has 0 saturated heterocycles. The number of aryl methyl sites for hydroxylation is 1. The number of dihydropyridines is 2.